The van der Waals surface area contributed by atoms with Gasteiger partial charge < -0.3 is 19.6 Å². The van der Waals surface area contributed by atoms with Crippen molar-refractivity contribution in [2.75, 3.05) is 12.4 Å². The van der Waals surface area contributed by atoms with Crippen LogP contribution in [0, 0.1) is 6.92 Å². The zero-order valence-electron chi connectivity index (χ0n) is 16.6. The minimum atomic E-state index is -0.561. The highest BCUT2D eigenvalue weighted by Gasteiger charge is 2.16. The number of aryl methyl sites for hydroxylation is 1. The Morgan fingerprint density at radius 3 is 2.58 bits per heavy atom. The molecule has 0 radical (unpaired) electrons. The standard InChI is InChI=1S/C22H18N2O6S/c1-11-7-15(29-2)19-14(25)10-17(30-16(19)8-11)20(26)23-13-5-3-12(4-6-13)9-18-21(27)24-22(28)31-18/h3-8,10,27H,9H2,1-2H3,(H,23,26)(H,24,28). The van der Waals surface area contributed by atoms with E-state index in [-0.39, 0.29) is 32.9 Å². The molecule has 0 spiro atoms. The Hall–Kier alpha value is -3.85. The molecule has 0 fully saturated rings. The quantitative estimate of drug-likeness (QED) is 0.439. The topological polar surface area (TPSA) is 122 Å². The minimum Gasteiger partial charge on any atom is -0.496 e. The first kappa shape index (κ1) is 20.4. The predicted molar refractivity (Wildman–Crippen MR) is 118 cm³/mol. The van der Waals surface area contributed by atoms with Gasteiger partial charge in [0.05, 0.1) is 12.0 Å². The Labute approximate surface area is 179 Å². The summed E-state index contributed by atoms with van der Waals surface area (Å²) in [5, 5.41) is 12.7. The van der Waals surface area contributed by atoms with Gasteiger partial charge in [-0.1, -0.05) is 23.5 Å². The second-order valence-corrected chi connectivity index (χ2v) is 8.00. The number of hydrogen-bond acceptors (Lipinski definition) is 7. The summed E-state index contributed by atoms with van der Waals surface area (Å²) in [4.78, 5) is 39.0. The van der Waals surface area contributed by atoms with E-state index < -0.39 is 5.91 Å². The fraction of sp³-hybridized carbons (Fsp3) is 0.136. The number of ether oxygens (including phenoxy) is 1. The summed E-state index contributed by atoms with van der Waals surface area (Å²) in [5.74, 6) is -0.416. The molecule has 0 saturated carbocycles. The number of anilines is 1. The first-order chi connectivity index (χ1) is 14.8. The van der Waals surface area contributed by atoms with Crippen molar-refractivity contribution < 1.29 is 19.1 Å². The number of thiazole rings is 1. The molecule has 1 amide bonds. The number of rotatable bonds is 5. The summed E-state index contributed by atoms with van der Waals surface area (Å²) in [6, 6.07) is 11.5. The van der Waals surface area contributed by atoms with Crippen LogP contribution in [-0.4, -0.2) is 23.1 Å². The molecule has 9 heteroatoms. The lowest BCUT2D eigenvalue weighted by Gasteiger charge is -2.09. The third-order valence-corrected chi connectivity index (χ3v) is 5.53. The Balaban J connectivity index is 1.55. The average Bonchev–Trinajstić information content (AvgIpc) is 3.04. The van der Waals surface area contributed by atoms with Crippen LogP contribution in [0.3, 0.4) is 0 Å². The van der Waals surface area contributed by atoms with Crippen LogP contribution in [0.4, 0.5) is 5.69 Å². The van der Waals surface area contributed by atoms with E-state index in [1.807, 2.05) is 6.92 Å². The van der Waals surface area contributed by atoms with Gasteiger partial charge in [0.25, 0.3) is 5.91 Å². The third kappa shape index (κ3) is 4.22. The van der Waals surface area contributed by atoms with E-state index in [9.17, 15) is 19.5 Å². The van der Waals surface area contributed by atoms with Crippen molar-refractivity contribution >= 4 is 33.9 Å². The summed E-state index contributed by atoms with van der Waals surface area (Å²) < 4.78 is 10.9. The number of aromatic nitrogens is 1. The molecule has 0 atom stereocenters. The van der Waals surface area contributed by atoms with Gasteiger partial charge in [-0.3, -0.25) is 19.4 Å². The number of carbonyl (C=O) groups is 1. The molecule has 0 saturated heterocycles. The van der Waals surface area contributed by atoms with Gasteiger partial charge in [-0.2, -0.15) is 0 Å². The Morgan fingerprint density at radius 1 is 1.19 bits per heavy atom. The lowest BCUT2D eigenvalue weighted by molar-refractivity contribution is 0.0997. The zero-order valence-corrected chi connectivity index (χ0v) is 17.5. The van der Waals surface area contributed by atoms with Crippen molar-refractivity contribution in [1.82, 2.24) is 4.98 Å². The molecule has 3 N–H and O–H groups in total. The van der Waals surface area contributed by atoms with Gasteiger partial charge in [0.1, 0.15) is 16.7 Å². The second-order valence-electron chi connectivity index (χ2n) is 6.93. The molecule has 0 aliphatic rings. The van der Waals surface area contributed by atoms with Gasteiger partial charge >= 0.3 is 4.87 Å². The molecule has 4 aromatic rings. The maximum Gasteiger partial charge on any atom is 0.307 e. The van der Waals surface area contributed by atoms with Gasteiger partial charge in [0.2, 0.25) is 5.88 Å². The molecule has 2 aromatic carbocycles. The third-order valence-electron chi connectivity index (χ3n) is 4.66. The van der Waals surface area contributed by atoms with Gasteiger partial charge in [-0.25, -0.2) is 0 Å². The van der Waals surface area contributed by atoms with E-state index in [1.54, 1.807) is 36.4 Å². The van der Waals surface area contributed by atoms with Crippen molar-refractivity contribution in [3.8, 4) is 11.6 Å². The van der Waals surface area contributed by atoms with Gasteiger partial charge in [0.15, 0.2) is 11.2 Å². The lowest BCUT2D eigenvalue weighted by Crippen LogP contribution is -2.15. The number of hydrogen-bond donors (Lipinski definition) is 3. The molecular formula is C22H18N2O6S. The number of benzene rings is 2. The van der Waals surface area contributed by atoms with E-state index in [1.165, 1.54) is 7.11 Å². The molecule has 158 valence electrons. The van der Waals surface area contributed by atoms with E-state index in [0.29, 0.717) is 22.7 Å². The van der Waals surface area contributed by atoms with Crippen LogP contribution in [0.5, 0.6) is 11.6 Å². The van der Waals surface area contributed by atoms with Crippen molar-refractivity contribution in [1.29, 1.82) is 0 Å². The highest BCUT2D eigenvalue weighted by molar-refractivity contribution is 7.09. The summed E-state index contributed by atoms with van der Waals surface area (Å²) >= 11 is 0.945. The monoisotopic (exact) mass is 438 g/mol. The Kier molecular flexibility index (Phi) is 5.35. The number of amides is 1. The van der Waals surface area contributed by atoms with Crippen LogP contribution >= 0.6 is 11.3 Å². The molecular weight excluding hydrogens is 420 g/mol. The van der Waals surface area contributed by atoms with Crippen LogP contribution in [0.25, 0.3) is 11.0 Å². The van der Waals surface area contributed by atoms with Gasteiger partial charge in [-0.05, 0) is 42.3 Å². The second kappa shape index (κ2) is 8.11. The average molecular weight is 438 g/mol. The zero-order chi connectivity index (χ0) is 22.1. The van der Waals surface area contributed by atoms with Gasteiger partial charge in [-0.15, -0.1) is 0 Å². The normalized spacial score (nSPS) is 10.9. The lowest BCUT2D eigenvalue weighted by atomic mass is 10.1. The maximum atomic E-state index is 12.6. The highest BCUT2D eigenvalue weighted by atomic mass is 32.1. The molecule has 2 aromatic heterocycles. The fourth-order valence-electron chi connectivity index (χ4n) is 3.21. The largest absolute Gasteiger partial charge is 0.496 e. The molecule has 0 unspecified atom stereocenters. The summed E-state index contributed by atoms with van der Waals surface area (Å²) in [6.07, 6.45) is 0.379. The number of methoxy groups -OCH3 is 1. The van der Waals surface area contributed by atoms with Crippen LogP contribution in [0.2, 0.25) is 0 Å². The minimum absolute atomic E-state index is 0.115. The van der Waals surface area contributed by atoms with Crippen LogP contribution < -0.4 is 20.4 Å². The molecule has 2 heterocycles. The van der Waals surface area contributed by atoms with Crippen LogP contribution in [0.1, 0.15) is 26.6 Å². The predicted octanol–water partition coefficient (Wildman–Crippen LogP) is 3.41. The van der Waals surface area contributed by atoms with E-state index >= 15 is 0 Å². The summed E-state index contributed by atoms with van der Waals surface area (Å²) in [7, 11) is 1.47. The molecule has 0 aliphatic carbocycles. The number of nitrogens with one attached hydrogen (secondary N) is 2. The summed E-state index contributed by atoms with van der Waals surface area (Å²) in [6.45, 7) is 1.84. The highest BCUT2D eigenvalue weighted by Crippen LogP contribution is 2.26. The number of carbonyl (C=O) groups excluding carboxylic acids is 1. The van der Waals surface area contributed by atoms with Crippen molar-refractivity contribution in [2.24, 2.45) is 0 Å². The van der Waals surface area contributed by atoms with E-state index in [2.05, 4.69) is 10.3 Å². The first-order valence-corrected chi connectivity index (χ1v) is 10.1. The number of H-pyrrole nitrogens is 1. The fourth-order valence-corrected chi connectivity index (χ4v) is 3.97. The Morgan fingerprint density at radius 2 is 1.94 bits per heavy atom. The Bertz CT molecular complexity index is 1400. The SMILES string of the molecule is COc1cc(C)cc2oc(C(=O)Nc3ccc(Cc4sc(=O)[nH]c4O)cc3)cc(=O)c12. The molecule has 8 nitrogen and oxygen atoms in total. The first-order valence-electron chi connectivity index (χ1n) is 9.28. The number of aromatic hydroxyl groups is 1. The van der Waals surface area contributed by atoms with Gasteiger partial charge in [0, 0.05) is 18.2 Å². The number of fused-ring (bicyclic) bond motifs is 1. The smallest absolute Gasteiger partial charge is 0.307 e. The van der Waals surface area contributed by atoms with E-state index in [0.717, 1.165) is 28.5 Å². The summed E-state index contributed by atoms with van der Waals surface area (Å²) in [5.41, 5.74) is 2.09. The van der Waals surface area contributed by atoms with Crippen LogP contribution in [-0.2, 0) is 6.42 Å². The van der Waals surface area contributed by atoms with Crippen molar-refractivity contribution in [3.63, 3.8) is 0 Å². The molecule has 0 bridgehead atoms. The van der Waals surface area contributed by atoms with Crippen molar-refractivity contribution in [3.05, 3.63) is 84.1 Å². The molecule has 0 aliphatic heterocycles. The maximum absolute atomic E-state index is 12.6. The molecule has 4 rings (SSSR count). The van der Waals surface area contributed by atoms with Crippen molar-refractivity contribution in [2.45, 2.75) is 13.3 Å². The molecule has 31 heavy (non-hydrogen) atoms. The van der Waals surface area contributed by atoms with E-state index in [4.69, 9.17) is 9.15 Å². The number of aromatic amines is 1. The van der Waals surface area contributed by atoms with Crippen LogP contribution in [0.15, 0.2) is 56.5 Å².